The van der Waals surface area contributed by atoms with Crippen LogP contribution in [0.5, 0.6) is 23.0 Å². The zero-order valence-corrected chi connectivity index (χ0v) is 18.3. The van der Waals surface area contributed by atoms with Gasteiger partial charge in [-0.25, -0.2) is 0 Å². The molecule has 9 atom stereocenters. The highest BCUT2D eigenvalue weighted by molar-refractivity contribution is 6.31. The number of phenolic OH excluding ortho intramolecular Hbond substituents is 4. The van der Waals surface area contributed by atoms with E-state index >= 15 is 0 Å². The molecule has 0 aromatic heterocycles. The lowest BCUT2D eigenvalue weighted by Gasteiger charge is -2.42. The van der Waals surface area contributed by atoms with E-state index in [1.807, 2.05) is 0 Å². The number of phenols is 4. The number of rotatable bonds is 1. The van der Waals surface area contributed by atoms with Crippen LogP contribution in [-0.4, -0.2) is 79.2 Å². The van der Waals surface area contributed by atoms with E-state index < -0.39 is 78.6 Å². The summed E-state index contributed by atoms with van der Waals surface area (Å²) in [7, 11) is 0. The van der Waals surface area contributed by atoms with Crippen molar-refractivity contribution >= 4 is 11.6 Å². The molecule has 0 spiro atoms. The molecular weight excluding hydrogens is 472 g/mol. The Bertz CT molecular complexity index is 1170. The van der Waals surface area contributed by atoms with Crippen LogP contribution in [0.2, 0.25) is 5.02 Å². The van der Waals surface area contributed by atoms with Crippen LogP contribution in [0.3, 0.4) is 0 Å². The van der Waals surface area contributed by atoms with E-state index in [9.17, 15) is 35.7 Å². The van der Waals surface area contributed by atoms with Crippen molar-refractivity contribution in [3.63, 3.8) is 0 Å². The van der Waals surface area contributed by atoms with Gasteiger partial charge in [-0.1, -0.05) is 11.6 Å². The van der Waals surface area contributed by atoms with E-state index in [1.54, 1.807) is 6.07 Å². The maximum atomic E-state index is 10.8. The van der Waals surface area contributed by atoms with Crippen molar-refractivity contribution in [3.8, 4) is 23.0 Å². The number of aliphatic hydroxyl groups is 3. The lowest BCUT2D eigenvalue weighted by atomic mass is 9.73. The Morgan fingerprint density at radius 2 is 1.68 bits per heavy atom. The van der Waals surface area contributed by atoms with Crippen LogP contribution in [0.25, 0.3) is 0 Å². The summed E-state index contributed by atoms with van der Waals surface area (Å²) in [6, 6.07) is 4.30. The molecule has 4 aliphatic rings. The maximum Gasteiger partial charge on any atom is 0.200 e. The summed E-state index contributed by atoms with van der Waals surface area (Å²) in [6.45, 7) is -0.546. The van der Waals surface area contributed by atoms with Gasteiger partial charge >= 0.3 is 0 Å². The standard InChI is InChI=1S/C23H23ClO10/c24-10-2-6(26)1-8-7(10)4-12-16-14(8)9-3-11(27)17(28)19(30)15(9)21(16)34-22-20(31)18(29)13(5-25)33-23(22)32-12/h1-3,12-14,16,18,20-23,25-31H,4-5H2/t12-,13-,14+,16+,18-,20+,21+,22-,23-/m1/s1. The summed E-state index contributed by atoms with van der Waals surface area (Å²) in [6.07, 6.45) is -7.57. The molecule has 2 saturated heterocycles. The molecule has 0 bridgehead atoms. The van der Waals surface area contributed by atoms with E-state index in [0.717, 1.165) is 0 Å². The Balaban J connectivity index is 1.56. The van der Waals surface area contributed by atoms with Gasteiger partial charge in [0.1, 0.15) is 30.2 Å². The number of halogens is 1. The predicted octanol–water partition coefficient (Wildman–Crippen LogP) is 0.744. The smallest absolute Gasteiger partial charge is 0.200 e. The number of fused-ring (bicyclic) bond motifs is 6. The van der Waals surface area contributed by atoms with Crippen LogP contribution in [-0.2, 0) is 20.6 Å². The fourth-order valence-electron chi connectivity index (χ4n) is 6.02. The SMILES string of the molecule is OC[C@H]1O[C@H]2O[C@@H]3Cc4c(Cl)cc(O)cc4[C@H]4c5cc(O)c(O)c(O)c5[C@H](O[C@@H]2[C@@H](O)[C@@H]1O)[C@H]43. The first-order valence-electron chi connectivity index (χ1n) is 10.9. The number of aliphatic hydroxyl groups excluding tert-OH is 3. The number of benzene rings is 2. The Hall–Kier alpha value is -2.31. The fraction of sp³-hybridized carbons (Fsp3) is 0.478. The molecule has 34 heavy (non-hydrogen) atoms. The molecular formula is C23H23ClO10. The quantitative estimate of drug-likeness (QED) is 0.281. The van der Waals surface area contributed by atoms with Crippen LogP contribution in [0.15, 0.2) is 18.2 Å². The van der Waals surface area contributed by atoms with Gasteiger partial charge in [-0.15, -0.1) is 0 Å². The fourth-order valence-corrected chi connectivity index (χ4v) is 6.32. The predicted molar refractivity (Wildman–Crippen MR) is 114 cm³/mol. The number of hydrogen-bond acceptors (Lipinski definition) is 10. The highest BCUT2D eigenvalue weighted by Gasteiger charge is 2.58. The molecule has 6 rings (SSSR count). The summed E-state index contributed by atoms with van der Waals surface area (Å²) in [5.41, 5.74) is 2.01. The van der Waals surface area contributed by atoms with Gasteiger partial charge < -0.3 is 50.0 Å². The first-order valence-corrected chi connectivity index (χ1v) is 11.3. The topological polar surface area (TPSA) is 169 Å². The van der Waals surface area contributed by atoms with Gasteiger partial charge in [0.2, 0.25) is 5.75 Å². The average Bonchev–Trinajstić information content (AvgIpc) is 3.02. The lowest BCUT2D eigenvalue weighted by molar-refractivity contribution is -0.311. The van der Waals surface area contributed by atoms with Gasteiger partial charge in [0.05, 0.1) is 18.8 Å². The molecule has 11 heteroatoms. The molecule has 2 aliphatic heterocycles. The van der Waals surface area contributed by atoms with Crippen molar-refractivity contribution in [3.05, 3.63) is 45.5 Å². The molecule has 10 nitrogen and oxygen atoms in total. The summed E-state index contributed by atoms with van der Waals surface area (Å²) in [5.74, 6) is -2.93. The highest BCUT2D eigenvalue weighted by atomic mass is 35.5. The average molecular weight is 495 g/mol. The van der Waals surface area contributed by atoms with E-state index in [4.69, 9.17) is 25.8 Å². The Morgan fingerprint density at radius 3 is 2.41 bits per heavy atom. The third-order valence-corrected chi connectivity index (χ3v) is 7.84. The molecule has 0 radical (unpaired) electrons. The molecule has 0 unspecified atom stereocenters. The minimum atomic E-state index is -1.47. The van der Waals surface area contributed by atoms with Crippen LogP contribution in [0, 0.1) is 5.92 Å². The summed E-state index contributed by atoms with van der Waals surface area (Å²) < 4.78 is 18.2. The number of hydrogen-bond donors (Lipinski definition) is 7. The molecule has 7 N–H and O–H groups in total. The van der Waals surface area contributed by atoms with Crippen LogP contribution in [0.4, 0.5) is 0 Å². The molecule has 2 heterocycles. The molecule has 2 aromatic carbocycles. The Morgan fingerprint density at radius 1 is 0.912 bits per heavy atom. The van der Waals surface area contributed by atoms with Gasteiger partial charge in [-0.05, 0) is 34.9 Å². The molecule has 2 aromatic rings. The molecule has 182 valence electrons. The van der Waals surface area contributed by atoms with Crippen molar-refractivity contribution in [2.24, 2.45) is 5.92 Å². The first kappa shape index (κ1) is 22.2. The van der Waals surface area contributed by atoms with E-state index in [0.29, 0.717) is 21.7 Å². The second-order valence-electron chi connectivity index (χ2n) is 9.25. The van der Waals surface area contributed by atoms with Crippen molar-refractivity contribution < 1.29 is 50.0 Å². The minimum absolute atomic E-state index is 0.0591. The summed E-state index contributed by atoms with van der Waals surface area (Å²) >= 11 is 6.47. The summed E-state index contributed by atoms with van der Waals surface area (Å²) in [5, 5.41) is 72.6. The summed E-state index contributed by atoms with van der Waals surface area (Å²) in [4.78, 5) is 0. The largest absolute Gasteiger partial charge is 0.508 e. The second kappa shape index (κ2) is 7.59. The minimum Gasteiger partial charge on any atom is -0.508 e. The lowest BCUT2D eigenvalue weighted by Crippen LogP contribution is -2.60. The van der Waals surface area contributed by atoms with Crippen molar-refractivity contribution in [1.82, 2.24) is 0 Å². The Kier molecular flexibility index (Phi) is 4.95. The van der Waals surface area contributed by atoms with Crippen LogP contribution in [0.1, 0.15) is 34.3 Å². The first-order chi connectivity index (χ1) is 16.2. The molecule has 0 amide bonds. The van der Waals surface area contributed by atoms with Gasteiger partial charge in [-0.3, -0.25) is 0 Å². The zero-order valence-electron chi connectivity index (χ0n) is 17.6. The monoisotopic (exact) mass is 494 g/mol. The van der Waals surface area contributed by atoms with Gasteiger partial charge in [-0.2, -0.15) is 0 Å². The number of ether oxygens (including phenoxy) is 3. The third-order valence-electron chi connectivity index (χ3n) is 7.50. The van der Waals surface area contributed by atoms with Gasteiger partial charge in [0, 0.05) is 28.8 Å². The van der Waals surface area contributed by atoms with E-state index in [-0.39, 0.29) is 17.7 Å². The van der Waals surface area contributed by atoms with Crippen molar-refractivity contribution in [2.75, 3.05) is 6.61 Å². The van der Waals surface area contributed by atoms with Gasteiger partial charge in [0.25, 0.3) is 0 Å². The maximum absolute atomic E-state index is 10.8. The molecule has 2 fully saturated rings. The van der Waals surface area contributed by atoms with Crippen molar-refractivity contribution in [2.45, 2.75) is 55.3 Å². The van der Waals surface area contributed by atoms with Gasteiger partial charge in [0.15, 0.2) is 17.8 Å². The van der Waals surface area contributed by atoms with E-state index in [1.165, 1.54) is 12.1 Å². The Labute approximate surface area is 198 Å². The normalized spacial score (nSPS) is 37.8. The zero-order chi connectivity index (χ0) is 24.0. The third kappa shape index (κ3) is 2.91. The second-order valence-corrected chi connectivity index (χ2v) is 9.66. The van der Waals surface area contributed by atoms with Crippen LogP contribution >= 0.6 is 11.6 Å². The van der Waals surface area contributed by atoms with Crippen molar-refractivity contribution in [1.29, 1.82) is 0 Å². The highest BCUT2D eigenvalue weighted by Crippen LogP contribution is 2.63. The van der Waals surface area contributed by atoms with Crippen LogP contribution < -0.4 is 0 Å². The molecule has 2 aliphatic carbocycles. The van der Waals surface area contributed by atoms with E-state index in [2.05, 4.69) is 0 Å². The molecule has 0 saturated carbocycles. The number of aromatic hydroxyl groups is 4.